The van der Waals surface area contributed by atoms with Crippen molar-refractivity contribution < 1.29 is 19.1 Å². The molecule has 0 unspecified atom stereocenters. The van der Waals surface area contributed by atoms with Crippen molar-refractivity contribution in [2.24, 2.45) is 0 Å². The average molecular weight is 390 g/mol. The van der Waals surface area contributed by atoms with Gasteiger partial charge >= 0.3 is 11.9 Å². The minimum atomic E-state index is -1.62. The third-order valence-corrected chi connectivity index (χ3v) is 5.70. The zero-order valence-corrected chi connectivity index (χ0v) is 16.0. The number of pyridine rings is 2. The molecule has 0 aliphatic carbocycles. The monoisotopic (exact) mass is 390 g/mol. The van der Waals surface area contributed by atoms with Crippen molar-refractivity contribution in [1.82, 2.24) is 9.55 Å². The molecule has 0 N–H and O–H groups in total. The zero-order chi connectivity index (χ0) is 20.3. The van der Waals surface area contributed by atoms with Gasteiger partial charge in [0, 0.05) is 23.4 Å². The maximum Gasteiger partial charge on any atom is 0.355 e. The van der Waals surface area contributed by atoms with Crippen LogP contribution < -0.4 is 5.56 Å². The molecule has 2 aromatic heterocycles. The van der Waals surface area contributed by atoms with E-state index in [-0.39, 0.29) is 18.6 Å². The number of hydrogen-bond acceptors (Lipinski definition) is 6. The highest BCUT2D eigenvalue weighted by Crippen LogP contribution is 2.40. The number of rotatable bonds is 2. The van der Waals surface area contributed by atoms with Crippen LogP contribution in [0, 0.1) is 0 Å². The summed E-state index contributed by atoms with van der Waals surface area (Å²) in [5, 5.41) is 0.998. The third-order valence-electron chi connectivity index (χ3n) is 5.70. The van der Waals surface area contributed by atoms with Gasteiger partial charge in [0.1, 0.15) is 6.61 Å². The third kappa shape index (κ3) is 2.36. The Morgan fingerprint density at radius 2 is 2.07 bits per heavy atom. The minimum absolute atomic E-state index is 0.137. The lowest BCUT2D eigenvalue weighted by Crippen LogP contribution is -2.47. The Morgan fingerprint density at radius 1 is 1.28 bits per heavy atom. The number of hydrogen-bond donors (Lipinski definition) is 0. The van der Waals surface area contributed by atoms with Crippen LogP contribution in [0.1, 0.15) is 37.0 Å². The van der Waals surface area contributed by atoms with Crippen molar-refractivity contribution in [2.75, 3.05) is 0 Å². The molecule has 0 saturated carbocycles. The van der Waals surface area contributed by atoms with Crippen molar-refractivity contribution in [1.29, 1.82) is 0 Å². The molecular formula is C22H18N2O5. The van der Waals surface area contributed by atoms with Crippen molar-refractivity contribution in [3.05, 3.63) is 63.4 Å². The lowest BCUT2D eigenvalue weighted by atomic mass is 9.85. The highest BCUT2D eigenvalue weighted by Gasteiger charge is 2.50. The number of aromatic nitrogens is 2. The van der Waals surface area contributed by atoms with Gasteiger partial charge in [-0.15, -0.1) is 0 Å². The van der Waals surface area contributed by atoms with Crippen LogP contribution in [0.5, 0.6) is 0 Å². The molecule has 5 rings (SSSR count). The van der Waals surface area contributed by atoms with E-state index in [1.165, 1.54) is 6.92 Å². The molecule has 146 valence electrons. The maximum atomic E-state index is 13.3. The highest BCUT2D eigenvalue weighted by molar-refractivity contribution is 5.88. The molecule has 0 bridgehead atoms. The lowest BCUT2D eigenvalue weighted by Gasteiger charge is -2.35. The molecule has 0 radical (unpaired) electrons. The Morgan fingerprint density at radius 3 is 2.83 bits per heavy atom. The molecule has 2 aliphatic heterocycles. The molecule has 0 amide bonds. The number of nitrogens with zero attached hydrogens (tertiary/aromatic N) is 2. The van der Waals surface area contributed by atoms with Crippen LogP contribution in [0.4, 0.5) is 0 Å². The fraction of sp³-hybridized carbons (Fsp3) is 0.273. The molecule has 0 spiro atoms. The van der Waals surface area contributed by atoms with E-state index >= 15 is 0 Å². The fourth-order valence-electron chi connectivity index (χ4n) is 4.33. The molecule has 3 aromatic rings. The van der Waals surface area contributed by atoms with Gasteiger partial charge in [0.2, 0.25) is 5.60 Å². The number of ether oxygens (including phenoxy) is 2. The Balaban J connectivity index is 1.79. The quantitative estimate of drug-likeness (QED) is 0.489. The summed E-state index contributed by atoms with van der Waals surface area (Å²) in [6.07, 6.45) is 0.166. The van der Waals surface area contributed by atoms with Gasteiger partial charge in [-0.25, -0.2) is 9.78 Å². The summed E-state index contributed by atoms with van der Waals surface area (Å²) >= 11 is 0. The van der Waals surface area contributed by atoms with E-state index in [0.29, 0.717) is 29.1 Å². The summed E-state index contributed by atoms with van der Waals surface area (Å²) in [7, 11) is 0. The van der Waals surface area contributed by atoms with E-state index in [2.05, 4.69) is 0 Å². The predicted molar refractivity (Wildman–Crippen MR) is 104 cm³/mol. The predicted octanol–water partition coefficient (Wildman–Crippen LogP) is 2.65. The van der Waals surface area contributed by atoms with E-state index < -0.39 is 17.5 Å². The first-order chi connectivity index (χ1) is 13.9. The van der Waals surface area contributed by atoms with Gasteiger partial charge in [0.25, 0.3) is 5.56 Å². The van der Waals surface area contributed by atoms with E-state index in [9.17, 15) is 14.4 Å². The number of benzene rings is 1. The van der Waals surface area contributed by atoms with Crippen molar-refractivity contribution in [3.8, 4) is 11.4 Å². The van der Waals surface area contributed by atoms with E-state index in [4.69, 9.17) is 14.5 Å². The summed E-state index contributed by atoms with van der Waals surface area (Å²) in [6, 6.07) is 11.5. The molecule has 0 fully saturated rings. The summed E-state index contributed by atoms with van der Waals surface area (Å²) in [4.78, 5) is 42.4. The van der Waals surface area contributed by atoms with Gasteiger partial charge in [0.15, 0.2) is 0 Å². The van der Waals surface area contributed by atoms with E-state index in [1.54, 1.807) is 17.6 Å². The number of carbonyl (C=O) groups is 2. The van der Waals surface area contributed by atoms with Crippen LogP contribution >= 0.6 is 0 Å². The second-order valence-corrected chi connectivity index (χ2v) is 7.35. The Hall–Kier alpha value is -3.48. The first kappa shape index (κ1) is 17.6. The van der Waals surface area contributed by atoms with Gasteiger partial charge in [-0.1, -0.05) is 25.1 Å². The first-order valence-electron chi connectivity index (χ1n) is 9.47. The SMILES string of the molecule is CC[C@]1(OC(C)=O)C(=O)OCc2c1cc1n(c2=O)Cc2cc3ccccc3nc2-1. The van der Waals surface area contributed by atoms with E-state index in [1.807, 2.05) is 30.3 Å². The topological polar surface area (TPSA) is 87.5 Å². The Kier molecular flexibility index (Phi) is 3.65. The summed E-state index contributed by atoms with van der Waals surface area (Å²) in [5.41, 5.74) is 1.95. The average Bonchev–Trinajstić information content (AvgIpc) is 3.06. The fourth-order valence-corrected chi connectivity index (χ4v) is 4.33. The van der Waals surface area contributed by atoms with Crippen LogP contribution in [0.2, 0.25) is 0 Å². The Labute approximate surface area is 165 Å². The van der Waals surface area contributed by atoms with Crippen LogP contribution in [-0.2, 0) is 37.8 Å². The molecule has 2 aliphatic rings. The van der Waals surface area contributed by atoms with Crippen molar-refractivity contribution >= 4 is 22.8 Å². The molecule has 0 saturated heterocycles. The van der Waals surface area contributed by atoms with Crippen LogP contribution in [-0.4, -0.2) is 21.5 Å². The number of fused-ring (bicyclic) bond motifs is 5. The molecule has 7 heteroatoms. The Bertz CT molecular complexity index is 1280. The van der Waals surface area contributed by atoms with Crippen LogP contribution in [0.3, 0.4) is 0 Å². The zero-order valence-electron chi connectivity index (χ0n) is 16.0. The van der Waals surface area contributed by atoms with Gasteiger partial charge < -0.3 is 14.0 Å². The lowest BCUT2D eigenvalue weighted by molar-refractivity contribution is -0.188. The summed E-state index contributed by atoms with van der Waals surface area (Å²) in [5.74, 6) is -1.27. The first-order valence-corrected chi connectivity index (χ1v) is 9.47. The van der Waals surface area contributed by atoms with E-state index in [0.717, 1.165) is 16.5 Å². The number of carbonyl (C=O) groups excluding carboxylic acids is 2. The summed E-state index contributed by atoms with van der Waals surface area (Å²) < 4.78 is 12.3. The molecule has 1 aromatic carbocycles. The smallest absolute Gasteiger partial charge is 0.355 e. The second kappa shape index (κ2) is 6.01. The molecular weight excluding hydrogens is 372 g/mol. The largest absolute Gasteiger partial charge is 0.457 e. The maximum absolute atomic E-state index is 13.3. The molecule has 4 heterocycles. The van der Waals surface area contributed by atoms with Gasteiger partial charge in [-0.2, -0.15) is 0 Å². The van der Waals surface area contributed by atoms with Crippen molar-refractivity contribution in [2.45, 2.75) is 39.0 Å². The molecule has 1 atom stereocenters. The van der Waals surface area contributed by atoms with Crippen LogP contribution in [0.15, 0.2) is 41.2 Å². The molecule has 29 heavy (non-hydrogen) atoms. The van der Waals surface area contributed by atoms with Gasteiger partial charge in [-0.3, -0.25) is 9.59 Å². The minimum Gasteiger partial charge on any atom is -0.457 e. The summed E-state index contributed by atoms with van der Waals surface area (Å²) in [6.45, 7) is 3.23. The van der Waals surface area contributed by atoms with Gasteiger partial charge in [0.05, 0.1) is 29.0 Å². The second-order valence-electron chi connectivity index (χ2n) is 7.35. The molecule has 7 nitrogen and oxygen atoms in total. The van der Waals surface area contributed by atoms with Crippen molar-refractivity contribution in [3.63, 3.8) is 0 Å². The normalized spacial score (nSPS) is 19.3. The highest BCUT2D eigenvalue weighted by atomic mass is 16.6. The number of para-hydroxylation sites is 1. The number of esters is 2. The van der Waals surface area contributed by atoms with Crippen LogP contribution in [0.25, 0.3) is 22.3 Å². The standard InChI is InChI=1S/C22H18N2O5/c1-3-22(29-12(2)25)16-9-18-19-14(8-13-6-4-5-7-17(13)23-19)10-24(18)20(26)15(16)11-28-21(22)27/h4-9H,3,10-11H2,1-2H3/t22-/m1/s1. The van der Waals surface area contributed by atoms with Gasteiger partial charge in [-0.05, 0) is 24.6 Å². The number of cyclic esters (lactones) is 1.